The molecule has 0 amide bonds. The van der Waals surface area contributed by atoms with E-state index in [1.807, 2.05) is 45.8 Å². The van der Waals surface area contributed by atoms with Gasteiger partial charge in [-0.1, -0.05) is 6.82 Å². The number of ether oxygens (including phenoxy) is 1. The Hall–Kier alpha value is -2.25. The summed E-state index contributed by atoms with van der Waals surface area (Å²) < 4.78 is 27.5. The molecule has 0 atom stereocenters. The monoisotopic (exact) mass is 293 g/mol. The van der Waals surface area contributed by atoms with Gasteiger partial charge in [0.05, 0.1) is 15.9 Å². The summed E-state index contributed by atoms with van der Waals surface area (Å²) in [7, 11) is 0. The van der Waals surface area contributed by atoms with Gasteiger partial charge in [-0.3, -0.25) is 0 Å². The van der Waals surface area contributed by atoms with Crippen molar-refractivity contribution in [3.05, 3.63) is 57.9 Å². The van der Waals surface area contributed by atoms with Crippen LogP contribution in [0.4, 0.5) is 5.69 Å². The van der Waals surface area contributed by atoms with Gasteiger partial charge in [0.15, 0.2) is 5.69 Å². The Bertz CT molecular complexity index is 874. The SMILES string of the molecule is [2H]C1([2H])OB(C)c2c(C)cc(Oc3cc(C)c([N+]#[C-])cc3C)cc21. The maximum absolute atomic E-state index is 8.06. The number of rotatable bonds is 2. The minimum absolute atomic E-state index is 0.272. The number of hydrogen-bond donors (Lipinski definition) is 0. The first-order valence-corrected chi connectivity index (χ1v) is 7.22. The molecule has 0 N–H and O–H groups in total. The maximum Gasteiger partial charge on any atom is 0.324 e. The van der Waals surface area contributed by atoms with E-state index in [1.54, 1.807) is 6.07 Å². The van der Waals surface area contributed by atoms with Crippen LogP contribution in [0.25, 0.3) is 4.85 Å². The van der Waals surface area contributed by atoms with Crippen molar-refractivity contribution in [1.29, 1.82) is 0 Å². The molecule has 2 aromatic carbocycles. The average Bonchev–Trinajstić information content (AvgIpc) is 2.72. The molecule has 1 heterocycles. The summed E-state index contributed by atoms with van der Waals surface area (Å²) >= 11 is 0. The Balaban J connectivity index is 2.03. The zero-order valence-electron chi connectivity index (χ0n) is 15.2. The van der Waals surface area contributed by atoms with E-state index in [4.69, 9.17) is 18.7 Å². The molecule has 0 saturated heterocycles. The van der Waals surface area contributed by atoms with Gasteiger partial charge in [-0.2, -0.15) is 0 Å². The third-order valence-corrected chi connectivity index (χ3v) is 3.95. The van der Waals surface area contributed by atoms with Crippen LogP contribution >= 0.6 is 0 Å². The highest BCUT2D eigenvalue weighted by Gasteiger charge is 2.26. The fraction of sp³-hybridized carbons (Fsp3) is 0.278. The molecule has 0 bridgehead atoms. The average molecular weight is 293 g/mol. The van der Waals surface area contributed by atoms with Gasteiger partial charge in [-0.25, -0.2) is 4.85 Å². The third kappa shape index (κ3) is 2.49. The Kier molecular flexibility index (Phi) is 3.08. The Morgan fingerprint density at radius 2 is 1.95 bits per heavy atom. The minimum atomic E-state index is -1.81. The van der Waals surface area contributed by atoms with Crippen molar-refractivity contribution in [2.45, 2.75) is 34.2 Å². The predicted molar refractivity (Wildman–Crippen MR) is 89.5 cm³/mol. The quantitative estimate of drug-likeness (QED) is 0.608. The second kappa shape index (κ2) is 5.51. The lowest BCUT2D eigenvalue weighted by atomic mass is 9.62. The van der Waals surface area contributed by atoms with Crippen molar-refractivity contribution in [3.63, 3.8) is 0 Å². The summed E-state index contributed by atoms with van der Waals surface area (Å²) in [6, 6.07) is 7.27. The van der Waals surface area contributed by atoms with Crippen LogP contribution in [0, 0.1) is 27.3 Å². The van der Waals surface area contributed by atoms with Gasteiger partial charge in [0.1, 0.15) is 11.5 Å². The summed E-state index contributed by atoms with van der Waals surface area (Å²) in [6.45, 7) is 12.7. The molecule has 3 nitrogen and oxygen atoms in total. The minimum Gasteiger partial charge on any atom is -0.457 e. The maximum atomic E-state index is 8.06. The number of benzene rings is 2. The lowest BCUT2D eigenvalue weighted by Gasteiger charge is -2.13. The molecular weight excluding hydrogens is 273 g/mol. The number of nitrogens with zero attached hydrogens (tertiary/aromatic N) is 1. The zero-order valence-corrected chi connectivity index (χ0v) is 13.2. The van der Waals surface area contributed by atoms with Crippen LogP contribution < -0.4 is 10.2 Å². The summed E-state index contributed by atoms with van der Waals surface area (Å²) in [4.78, 5) is 3.50. The topological polar surface area (TPSA) is 22.8 Å². The first-order chi connectivity index (χ1) is 11.2. The van der Waals surface area contributed by atoms with Crippen molar-refractivity contribution in [3.8, 4) is 11.5 Å². The highest BCUT2D eigenvalue weighted by molar-refractivity contribution is 6.68. The molecule has 3 rings (SSSR count). The van der Waals surface area contributed by atoms with Crippen LogP contribution in [-0.2, 0) is 11.2 Å². The van der Waals surface area contributed by atoms with Crippen molar-refractivity contribution >= 4 is 18.1 Å². The van der Waals surface area contributed by atoms with Crippen LogP contribution in [0.2, 0.25) is 6.82 Å². The van der Waals surface area contributed by atoms with Crippen molar-refractivity contribution in [2.24, 2.45) is 0 Å². The zero-order chi connectivity index (χ0) is 17.6. The molecule has 0 spiro atoms. The molecular formula is C18H18BNO2. The normalized spacial score (nSPS) is 16.6. The van der Waals surface area contributed by atoms with Gasteiger partial charge < -0.3 is 9.39 Å². The Morgan fingerprint density at radius 1 is 1.18 bits per heavy atom. The molecule has 0 aliphatic carbocycles. The van der Waals surface area contributed by atoms with Crippen LogP contribution in [-0.4, -0.2) is 6.92 Å². The molecule has 0 radical (unpaired) electrons. The first-order valence-electron chi connectivity index (χ1n) is 8.22. The predicted octanol–water partition coefficient (Wildman–Crippen LogP) is 4.31. The molecule has 22 heavy (non-hydrogen) atoms. The van der Waals surface area contributed by atoms with Crippen LogP contribution in [0.15, 0.2) is 24.3 Å². The van der Waals surface area contributed by atoms with Gasteiger partial charge in [-0.15, -0.1) is 0 Å². The third-order valence-electron chi connectivity index (χ3n) is 3.95. The van der Waals surface area contributed by atoms with E-state index in [0.717, 1.165) is 22.2 Å². The van der Waals surface area contributed by atoms with E-state index in [0.29, 0.717) is 22.7 Å². The van der Waals surface area contributed by atoms with Crippen LogP contribution in [0.3, 0.4) is 0 Å². The van der Waals surface area contributed by atoms with E-state index in [-0.39, 0.29) is 6.92 Å². The lowest BCUT2D eigenvalue weighted by Crippen LogP contribution is -2.26. The second-order valence-corrected chi connectivity index (χ2v) is 5.68. The summed E-state index contributed by atoms with van der Waals surface area (Å²) in [6.07, 6.45) is 0. The molecule has 1 aliphatic heterocycles. The molecule has 1 aliphatic rings. The molecule has 2 aromatic rings. The second-order valence-electron chi connectivity index (χ2n) is 5.68. The highest BCUT2D eigenvalue weighted by Crippen LogP contribution is 2.32. The van der Waals surface area contributed by atoms with Crippen LogP contribution in [0.5, 0.6) is 11.5 Å². The van der Waals surface area contributed by atoms with E-state index < -0.39 is 6.56 Å². The smallest absolute Gasteiger partial charge is 0.324 e. The number of hydrogen-bond acceptors (Lipinski definition) is 2. The van der Waals surface area contributed by atoms with Gasteiger partial charge in [0.25, 0.3) is 0 Å². The molecule has 4 heteroatoms. The van der Waals surface area contributed by atoms with Gasteiger partial charge in [0.2, 0.25) is 0 Å². The highest BCUT2D eigenvalue weighted by atomic mass is 16.5. The standard InChI is InChI=1S/C18H18BNO2/c1-11-8-17(12(2)7-16(11)20-5)22-15-6-13(3)18-14(9-15)10-21-19(18)4/h6-9H,10H2,1-4H3/i10D2. The largest absolute Gasteiger partial charge is 0.457 e. The fourth-order valence-electron chi connectivity index (χ4n) is 2.79. The van der Waals surface area contributed by atoms with Gasteiger partial charge in [0, 0.05) is 0 Å². The molecule has 0 saturated carbocycles. The van der Waals surface area contributed by atoms with Crippen molar-refractivity contribution in [2.75, 3.05) is 0 Å². The molecule has 110 valence electrons. The molecule has 0 aromatic heterocycles. The Labute approximate surface area is 134 Å². The van der Waals surface area contributed by atoms with Gasteiger partial charge >= 0.3 is 6.92 Å². The molecule has 0 unspecified atom stereocenters. The lowest BCUT2D eigenvalue weighted by molar-refractivity contribution is 0.333. The fourth-order valence-corrected chi connectivity index (χ4v) is 2.79. The van der Waals surface area contributed by atoms with E-state index >= 15 is 0 Å². The van der Waals surface area contributed by atoms with Crippen molar-refractivity contribution < 1.29 is 12.1 Å². The van der Waals surface area contributed by atoms with E-state index in [1.165, 1.54) is 0 Å². The summed E-state index contributed by atoms with van der Waals surface area (Å²) in [5, 5.41) is 0. The number of aryl methyl sites for hydroxylation is 3. The number of fused-ring (bicyclic) bond motifs is 1. The van der Waals surface area contributed by atoms with E-state index in [2.05, 4.69) is 4.85 Å². The Morgan fingerprint density at radius 3 is 2.68 bits per heavy atom. The summed E-state index contributed by atoms with van der Waals surface area (Å²) in [5.74, 6) is 1.25. The van der Waals surface area contributed by atoms with Crippen LogP contribution in [0.1, 0.15) is 25.0 Å². The molecule has 0 fully saturated rings. The first kappa shape index (κ1) is 12.3. The van der Waals surface area contributed by atoms with Crippen molar-refractivity contribution in [1.82, 2.24) is 0 Å². The van der Waals surface area contributed by atoms with Gasteiger partial charge in [-0.05, 0) is 72.8 Å². The van der Waals surface area contributed by atoms with E-state index in [9.17, 15) is 0 Å². The summed E-state index contributed by atoms with van der Waals surface area (Å²) in [5.41, 5.74) is 4.71.